The van der Waals surface area contributed by atoms with E-state index in [9.17, 15) is 0 Å². The van der Waals surface area contributed by atoms with Crippen LogP contribution in [0.15, 0.2) is 30.3 Å². The van der Waals surface area contributed by atoms with Gasteiger partial charge in [0.15, 0.2) is 0 Å². The maximum atomic E-state index is 9.10. The van der Waals surface area contributed by atoms with Crippen LogP contribution in [-0.2, 0) is 9.59 Å². The first kappa shape index (κ1) is 13.4. The molecule has 0 saturated carbocycles. The van der Waals surface area contributed by atoms with Gasteiger partial charge in [0.05, 0.1) is 5.54 Å². The third-order valence-corrected chi connectivity index (χ3v) is 3.53. The number of carbonyl (C=O) groups is 2. The summed E-state index contributed by atoms with van der Waals surface area (Å²) in [5, 5.41) is 18.1. The van der Waals surface area contributed by atoms with E-state index in [1.165, 1.54) is 31.7 Å². The van der Waals surface area contributed by atoms with Crippen LogP contribution in [0.25, 0.3) is 0 Å². The Hall–Kier alpha value is -2.08. The highest BCUT2D eigenvalue weighted by Crippen LogP contribution is 2.38. The van der Waals surface area contributed by atoms with Crippen molar-refractivity contribution in [2.75, 3.05) is 24.5 Å². The zero-order valence-electron chi connectivity index (χ0n) is 10.4. The van der Waals surface area contributed by atoms with Gasteiger partial charge in [-0.1, -0.05) is 18.2 Å². The van der Waals surface area contributed by atoms with E-state index >= 15 is 0 Å². The van der Waals surface area contributed by atoms with Crippen LogP contribution in [0.2, 0.25) is 0 Å². The number of carboxylic acid groups (broad SMARTS) is 2. The Morgan fingerprint density at radius 2 is 1.68 bits per heavy atom. The minimum absolute atomic E-state index is 0.487. The van der Waals surface area contributed by atoms with Gasteiger partial charge >= 0.3 is 11.9 Å². The monoisotopic (exact) mass is 264 g/mol. The number of nitrogens with one attached hydrogen (secondary N) is 1. The molecule has 102 valence electrons. The highest BCUT2D eigenvalue weighted by molar-refractivity contribution is 6.27. The van der Waals surface area contributed by atoms with Crippen molar-refractivity contribution in [3.8, 4) is 0 Å². The maximum Gasteiger partial charge on any atom is 0.414 e. The molecule has 0 bridgehead atoms. The van der Waals surface area contributed by atoms with E-state index in [-0.39, 0.29) is 0 Å². The first-order valence-electron chi connectivity index (χ1n) is 6.05. The predicted molar refractivity (Wildman–Crippen MR) is 69.3 cm³/mol. The minimum atomic E-state index is -1.82. The molecule has 3 N–H and O–H groups in total. The van der Waals surface area contributed by atoms with E-state index in [2.05, 4.69) is 40.5 Å². The van der Waals surface area contributed by atoms with Gasteiger partial charge in [-0.05, 0) is 18.6 Å². The molecule has 2 aliphatic heterocycles. The number of hydrogen-bond acceptors (Lipinski definition) is 4. The van der Waals surface area contributed by atoms with Crippen LogP contribution < -0.4 is 10.2 Å². The fourth-order valence-corrected chi connectivity index (χ4v) is 2.33. The maximum absolute atomic E-state index is 9.10. The van der Waals surface area contributed by atoms with Gasteiger partial charge in [0.25, 0.3) is 0 Å². The second-order valence-corrected chi connectivity index (χ2v) is 4.68. The second kappa shape index (κ2) is 5.27. The number of anilines is 1. The number of carboxylic acids is 2. The number of para-hydroxylation sites is 1. The van der Waals surface area contributed by atoms with Crippen molar-refractivity contribution < 1.29 is 19.8 Å². The molecular weight excluding hydrogens is 248 g/mol. The average molecular weight is 264 g/mol. The summed E-state index contributed by atoms with van der Waals surface area (Å²) in [7, 11) is 0. The van der Waals surface area contributed by atoms with E-state index in [0.717, 1.165) is 0 Å². The Balaban J connectivity index is 0.000000192. The zero-order valence-corrected chi connectivity index (χ0v) is 10.4. The lowest BCUT2D eigenvalue weighted by atomic mass is 9.79. The molecule has 1 aromatic carbocycles. The van der Waals surface area contributed by atoms with Crippen molar-refractivity contribution in [1.29, 1.82) is 0 Å². The summed E-state index contributed by atoms with van der Waals surface area (Å²) in [6.07, 6.45) is 1.36. The third kappa shape index (κ3) is 2.68. The van der Waals surface area contributed by atoms with Crippen molar-refractivity contribution in [3.63, 3.8) is 0 Å². The summed E-state index contributed by atoms with van der Waals surface area (Å²) in [5.41, 5.74) is 1.87. The molecule has 2 aliphatic rings. The SMILES string of the molecule is O=C(O)C(=O)O.c1ccc(N2CCC23CNC3)cc1. The lowest BCUT2D eigenvalue weighted by Gasteiger charge is -2.60. The normalized spacial score (nSPS) is 18.6. The molecule has 3 rings (SSSR count). The molecule has 0 aliphatic carbocycles. The molecule has 2 fully saturated rings. The molecular formula is C13H16N2O4. The number of benzene rings is 1. The lowest BCUT2D eigenvalue weighted by molar-refractivity contribution is -0.159. The van der Waals surface area contributed by atoms with Gasteiger partial charge in [-0.2, -0.15) is 0 Å². The van der Waals surface area contributed by atoms with Crippen LogP contribution >= 0.6 is 0 Å². The zero-order chi connectivity index (χ0) is 13.9. The number of nitrogens with zero attached hydrogens (tertiary/aromatic N) is 1. The first-order chi connectivity index (χ1) is 9.05. The van der Waals surface area contributed by atoms with E-state index < -0.39 is 11.9 Å². The van der Waals surface area contributed by atoms with Crippen molar-refractivity contribution in [2.24, 2.45) is 0 Å². The largest absolute Gasteiger partial charge is 0.473 e. The molecule has 2 heterocycles. The summed E-state index contributed by atoms with van der Waals surface area (Å²) in [4.78, 5) is 20.7. The fourth-order valence-electron chi connectivity index (χ4n) is 2.33. The number of hydrogen-bond donors (Lipinski definition) is 3. The highest BCUT2D eigenvalue weighted by atomic mass is 16.4. The van der Waals surface area contributed by atoms with Gasteiger partial charge in [0, 0.05) is 25.3 Å². The Kier molecular flexibility index (Phi) is 3.71. The van der Waals surface area contributed by atoms with Gasteiger partial charge in [-0.15, -0.1) is 0 Å². The van der Waals surface area contributed by atoms with Crippen molar-refractivity contribution in [1.82, 2.24) is 5.32 Å². The van der Waals surface area contributed by atoms with Crippen LogP contribution in [0.5, 0.6) is 0 Å². The van der Waals surface area contributed by atoms with Crippen LogP contribution in [0.4, 0.5) is 5.69 Å². The molecule has 6 nitrogen and oxygen atoms in total. The fraction of sp³-hybridized carbons (Fsp3) is 0.385. The number of aliphatic carboxylic acids is 2. The van der Waals surface area contributed by atoms with Crippen molar-refractivity contribution >= 4 is 17.6 Å². The van der Waals surface area contributed by atoms with E-state index in [0.29, 0.717) is 5.54 Å². The summed E-state index contributed by atoms with van der Waals surface area (Å²) in [5.74, 6) is -3.65. The standard InChI is InChI=1S/C11H14N2.C2H2O4/c1-2-4-10(5-3-1)13-7-6-11(13)8-12-9-11;3-1(4)2(5)6/h1-5,12H,6-9H2;(H,3,4)(H,5,6). The van der Waals surface area contributed by atoms with Gasteiger partial charge in [-0.3, -0.25) is 0 Å². The Morgan fingerprint density at radius 1 is 1.11 bits per heavy atom. The van der Waals surface area contributed by atoms with Gasteiger partial charge < -0.3 is 20.4 Å². The van der Waals surface area contributed by atoms with Crippen LogP contribution in [0.1, 0.15) is 6.42 Å². The summed E-state index contributed by atoms with van der Waals surface area (Å²) in [6.45, 7) is 3.56. The summed E-state index contributed by atoms with van der Waals surface area (Å²) in [6, 6.07) is 10.7. The molecule has 0 unspecified atom stereocenters. The van der Waals surface area contributed by atoms with E-state index in [4.69, 9.17) is 19.8 Å². The van der Waals surface area contributed by atoms with E-state index in [1.54, 1.807) is 0 Å². The molecule has 0 atom stereocenters. The van der Waals surface area contributed by atoms with Crippen molar-refractivity contribution in [2.45, 2.75) is 12.0 Å². The van der Waals surface area contributed by atoms with Gasteiger partial charge in [-0.25, -0.2) is 9.59 Å². The summed E-state index contributed by atoms with van der Waals surface area (Å²) >= 11 is 0. The molecule has 2 saturated heterocycles. The first-order valence-corrected chi connectivity index (χ1v) is 6.05. The molecule has 0 aromatic heterocycles. The van der Waals surface area contributed by atoms with Crippen LogP contribution in [-0.4, -0.2) is 47.3 Å². The molecule has 6 heteroatoms. The highest BCUT2D eigenvalue weighted by Gasteiger charge is 2.49. The Labute approximate surface area is 110 Å². The smallest absolute Gasteiger partial charge is 0.414 e. The Bertz CT molecular complexity index is 453. The van der Waals surface area contributed by atoms with Crippen LogP contribution in [0.3, 0.4) is 0 Å². The molecule has 1 spiro atoms. The molecule has 0 radical (unpaired) electrons. The quantitative estimate of drug-likeness (QED) is 0.636. The molecule has 19 heavy (non-hydrogen) atoms. The van der Waals surface area contributed by atoms with E-state index in [1.807, 2.05) is 0 Å². The molecule has 1 aromatic rings. The van der Waals surface area contributed by atoms with Gasteiger partial charge in [0.1, 0.15) is 0 Å². The summed E-state index contributed by atoms with van der Waals surface area (Å²) < 4.78 is 0. The topological polar surface area (TPSA) is 89.9 Å². The number of rotatable bonds is 1. The second-order valence-electron chi connectivity index (χ2n) is 4.68. The minimum Gasteiger partial charge on any atom is -0.473 e. The molecule has 0 amide bonds. The average Bonchev–Trinajstić information content (AvgIpc) is 2.27. The third-order valence-electron chi connectivity index (χ3n) is 3.53. The Morgan fingerprint density at radius 3 is 2.00 bits per heavy atom. The van der Waals surface area contributed by atoms with Crippen molar-refractivity contribution in [3.05, 3.63) is 30.3 Å². The van der Waals surface area contributed by atoms with Crippen LogP contribution in [0, 0.1) is 0 Å². The van der Waals surface area contributed by atoms with Gasteiger partial charge in [0.2, 0.25) is 0 Å². The predicted octanol–water partition coefficient (Wildman–Crippen LogP) is 0.394. The lowest BCUT2D eigenvalue weighted by Crippen LogP contribution is -2.76.